The summed E-state index contributed by atoms with van der Waals surface area (Å²) in [5, 5.41) is 22.3. The van der Waals surface area contributed by atoms with Gasteiger partial charge in [-0.15, -0.1) is 5.10 Å². The topological polar surface area (TPSA) is 137 Å². The first-order valence-corrected chi connectivity index (χ1v) is 10.2. The fraction of sp³-hybridized carbons (Fsp3) is 0.588. The van der Waals surface area contributed by atoms with E-state index in [0.29, 0.717) is 51.3 Å². The molecule has 2 aromatic heterocycles. The zero-order valence-corrected chi connectivity index (χ0v) is 17.0. The molecule has 0 aliphatic rings. The lowest BCUT2D eigenvalue weighted by molar-refractivity contribution is -0.143. The van der Waals surface area contributed by atoms with Crippen molar-refractivity contribution in [2.75, 3.05) is 19.7 Å². The van der Waals surface area contributed by atoms with Gasteiger partial charge >= 0.3 is 12.0 Å². The summed E-state index contributed by atoms with van der Waals surface area (Å²) < 4.78 is 6.67. The molecule has 1 unspecified atom stereocenters. The predicted molar refractivity (Wildman–Crippen MR) is 105 cm³/mol. The van der Waals surface area contributed by atoms with Crippen molar-refractivity contribution in [1.82, 2.24) is 30.8 Å². The molecule has 4 N–H and O–H groups in total. The highest BCUT2D eigenvalue weighted by atomic mass is 32.1. The molecule has 0 fully saturated rings. The summed E-state index contributed by atoms with van der Waals surface area (Å²) in [6, 6.07) is -0.715. The van der Waals surface area contributed by atoms with Gasteiger partial charge in [-0.2, -0.15) is 11.3 Å². The van der Waals surface area contributed by atoms with Gasteiger partial charge in [-0.05, 0) is 65.5 Å². The molecule has 11 heteroatoms. The van der Waals surface area contributed by atoms with Gasteiger partial charge < -0.3 is 21.1 Å². The first-order chi connectivity index (χ1) is 13.5. The van der Waals surface area contributed by atoms with Gasteiger partial charge in [0.05, 0.1) is 12.6 Å². The molecule has 0 saturated heterocycles. The van der Waals surface area contributed by atoms with Gasteiger partial charge in [0.2, 0.25) is 0 Å². The second-order valence-corrected chi connectivity index (χ2v) is 6.95. The molecule has 2 aromatic rings. The Hall–Kier alpha value is -2.53. The molecule has 0 spiro atoms. The van der Waals surface area contributed by atoms with Crippen LogP contribution in [0.2, 0.25) is 0 Å². The molecule has 154 valence electrons. The van der Waals surface area contributed by atoms with Crippen molar-refractivity contribution >= 4 is 23.3 Å². The van der Waals surface area contributed by atoms with Crippen LogP contribution in [0.5, 0.6) is 0 Å². The first kappa shape index (κ1) is 21.8. The Labute approximate surface area is 167 Å². The Morgan fingerprint density at radius 3 is 2.82 bits per heavy atom. The predicted octanol–water partition coefficient (Wildman–Crippen LogP) is 1.12. The molecule has 0 aromatic carbocycles. The maximum Gasteiger partial charge on any atom is 0.312 e. The summed E-state index contributed by atoms with van der Waals surface area (Å²) in [4.78, 5) is 22.3. The largest absolute Gasteiger partial charge is 0.466 e. The van der Waals surface area contributed by atoms with Gasteiger partial charge in [-0.1, -0.05) is 0 Å². The average molecular weight is 410 g/mol. The summed E-state index contributed by atoms with van der Waals surface area (Å²) in [6.07, 6.45) is 1.63. The van der Waals surface area contributed by atoms with Gasteiger partial charge in [0.1, 0.15) is 0 Å². The zero-order valence-electron chi connectivity index (χ0n) is 16.2. The number of aryl methyl sites for hydroxylation is 2. The number of nitrogens with zero attached hydrogens (tertiary/aromatic N) is 4. The molecule has 28 heavy (non-hydrogen) atoms. The molecule has 10 nitrogen and oxygen atoms in total. The summed E-state index contributed by atoms with van der Waals surface area (Å²) in [5.74, 6) is 0.468. The lowest BCUT2D eigenvalue weighted by Gasteiger charge is -2.18. The van der Waals surface area contributed by atoms with Crippen LogP contribution in [0.4, 0.5) is 4.79 Å². The van der Waals surface area contributed by atoms with Crippen LogP contribution in [0, 0.1) is 6.92 Å². The number of carbonyl (C=O) groups excluding carboxylic acids is 2. The number of ether oxygens (including phenoxy) is 1. The molecule has 0 bridgehead atoms. The van der Waals surface area contributed by atoms with Crippen molar-refractivity contribution < 1.29 is 14.3 Å². The van der Waals surface area contributed by atoms with E-state index >= 15 is 0 Å². The van der Waals surface area contributed by atoms with Crippen molar-refractivity contribution in [3.05, 3.63) is 27.7 Å². The number of amides is 2. The molecule has 0 aliphatic heterocycles. The number of nitrogens with one attached hydrogen (secondary N) is 2. The fourth-order valence-electron chi connectivity index (χ4n) is 2.74. The average Bonchev–Trinajstić information content (AvgIpc) is 3.27. The lowest BCUT2D eigenvalue weighted by Crippen LogP contribution is -2.33. The van der Waals surface area contributed by atoms with Crippen LogP contribution in [0.15, 0.2) is 10.8 Å². The van der Waals surface area contributed by atoms with E-state index < -0.39 is 6.03 Å². The van der Waals surface area contributed by atoms with Crippen molar-refractivity contribution in [2.24, 2.45) is 5.73 Å². The van der Waals surface area contributed by atoms with Crippen molar-refractivity contribution in [3.8, 4) is 0 Å². The van der Waals surface area contributed by atoms with Crippen LogP contribution in [-0.2, 0) is 16.1 Å². The van der Waals surface area contributed by atoms with Crippen LogP contribution >= 0.6 is 11.3 Å². The van der Waals surface area contributed by atoms with Gasteiger partial charge in [-0.25, -0.2) is 9.48 Å². The number of nitrogens with two attached hydrogens (primary N) is 1. The number of hydrogen-bond donors (Lipinski definition) is 3. The molecule has 2 amide bonds. The van der Waals surface area contributed by atoms with Crippen molar-refractivity contribution in [2.45, 2.75) is 45.7 Å². The zero-order chi connectivity index (χ0) is 20.4. The minimum atomic E-state index is -0.532. The van der Waals surface area contributed by atoms with E-state index in [2.05, 4.69) is 36.9 Å². The van der Waals surface area contributed by atoms with Crippen LogP contribution in [0.3, 0.4) is 0 Å². The number of hydrogen-bond acceptors (Lipinski definition) is 8. The van der Waals surface area contributed by atoms with E-state index in [9.17, 15) is 9.59 Å². The third-order valence-electron chi connectivity index (χ3n) is 4.08. The maximum absolute atomic E-state index is 11.5. The van der Waals surface area contributed by atoms with Gasteiger partial charge in [0.25, 0.3) is 0 Å². The normalized spacial score (nSPS) is 11.9. The van der Waals surface area contributed by atoms with Crippen molar-refractivity contribution in [1.29, 1.82) is 0 Å². The second kappa shape index (κ2) is 11.3. The van der Waals surface area contributed by atoms with Crippen molar-refractivity contribution in [3.63, 3.8) is 0 Å². The Balaban J connectivity index is 2.03. The summed E-state index contributed by atoms with van der Waals surface area (Å²) >= 11 is 1.62. The first-order valence-electron chi connectivity index (χ1n) is 9.24. The van der Waals surface area contributed by atoms with E-state index in [1.165, 1.54) is 0 Å². The van der Waals surface area contributed by atoms with E-state index in [0.717, 1.165) is 11.1 Å². The van der Waals surface area contributed by atoms with E-state index in [1.54, 1.807) is 22.9 Å². The number of rotatable bonds is 12. The second-order valence-electron chi connectivity index (χ2n) is 6.21. The number of thiophene rings is 1. The highest BCUT2D eigenvalue weighted by Crippen LogP contribution is 2.26. The smallest absolute Gasteiger partial charge is 0.312 e. The molecular weight excluding hydrogens is 382 g/mol. The van der Waals surface area contributed by atoms with Crippen LogP contribution in [-0.4, -0.2) is 51.9 Å². The highest BCUT2D eigenvalue weighted by molar-refractivity contribution is 7.08. The summed E-state index contributed by atoms with van der Waals surface area (Å²) in [7, 11) is 0. The molecule has 0 aliphatic carbocycles. The summed E-state index contributed by atoms with van der Waals surface area (Å²) in [5.41, 5.74) is 7.34. The number of aromatic nitrogens is 4. The Bertz CT molecular complexity index is 762. The number of tetrazole rings is 1. The fourth-order valence-corrected chi connectivity index (χ4v) is 3.61. The van der Waals surface area contributed by atoms with Gasteiger partial charge in [-0.3, -0.25) is 4.79 Å². The highest BCUT2D eigenvalue weighted by Gasteiger charge is 2.23. The molecule has 2 rings (SSSR count). The summed E-state index contributed by atoms with van der Waals surface area (Å²) in [6.45, 7) is 5.87. The van der Waals surface area contributed by atoms with E-state index in [-0.39, 0.29) is 12.0 Å². The van der Waals surface area contributed by atoms with Gasteiger partial charge in [0.15, 0.2) is 5.82 Å². The number of primary amides is 1. The molecule has 2 heterocycles. The molecular formula is C17H27N7O3S. The molecule has 1 atom stereocenters. The lowest BCUT2D eigenvalue weighted by atomic mass is 10.1. The van der Waals surface area contributed by atoms with Crippen LogP contribution in [0.1, 0.15) is 49.2 Å². The minimum Gasteiger partial charge on any atom is -0.466 e. The maximum atomic E-state index is 11.5. The number of esters is 1. The molecule has 0 saturated carbocycles. The SMILES string of the molecule is CCOC(=O)CCCn1nnnc1C(NCCCNC(N)=O)c1cscc1C. The number of urea groups is 1. The van der Waals surface area contributed by atoms with Gasteiger partial charge in [0, 0.05) is 19.5 Å². The third kappa shape index (κ3) is 6.57. The Morgan fingerprint density at radius 2 is 2.14 bits per heavy atom. The third-order valence-corrected chi connectivity index (χ3v) is 4.96. The number of carbonyl (C=O) groups is 2. The Kier molecular flexibility index (Phi) is 8.82. The van der Waals surface area contributed by atoms with Crippen LogP contribution in [0.25, 0.3) is 0 Å². The molecule has 0 radical (unpaired) electrons. The quantitative estimate of drug-likeness (QED) is 0.353. The standard InChI is InChI=1S/C17H27N7O3S/c1-3-27-14(25)6-4-9-24-16(21-22-23-24)15(13-11-28-10-12(13)2)19-7-5-8-20-17(18)26/h10-11,15,19H,3-9H2,1-2H3,(H3,18,20,26). The monoisotopic (exact) mass is 409 g/mol. The van der Waals surface area contributed by atoms with Crippen LogP contribution < -0.4 is 16.4 Å². The minimum absolute atomic E-state index is 0.183. The van der Waals surface area contributed by atoms with E-state index in [1.807, 2.05) is 6.92 Å². The van der Waals surface area contributed by atoms with E-state index in [4.69, 9.17) is 10.5 Å². The Morgan fingerprint density at radius 1 is 1.32 bits per heavy atom.